The first-order valence-corrected chi connectivity index (χ1v) is 12.3. The van der Waals surface area contributed by atoms with Crippen LogP contribution >= 0.6 is 22.9 Å². The number of benzene rings is 2. The fraction of sp³-hybridized carbons (Fsp3) is 0.250. The van der Waals surface area contributed by atoms with Crippen LogP contribution in [0.5, 0.6) is 5.75 Å². The largest absolute Gasteiger partial charge is 0.486 e. The first-order chi connectivity index (χ1) is 15.4. The molecule has 1 aromatic heterocycles. The molecule has 32 heavy (non-hydrogen) atoms. The minimum absolute atomic E-state index is 0.0568. The van der Waals surface area contributed by atoms with E-state index in [-0.39, 0.29) is 35.3 Å². The SMILES string of the molecule is O=C(Nc1nnc(COc2ccc(Cl)cc2)s1)c1cccc(S(=O)(=O)N2CCOCC2)c1. The van der Waals surface area contributed by atoms with Crippen LogP contribution in [0, 0.1) is 0 Å². The summed E-state index contributed by atoms with van der Waals surface area (Å²) in [4.78, 5) is 12.7. The summed E-state index contributed by atoms with van der Waals surface area (Å²) < 4.78 is 37.8. The summed E-state index contributed by atoms with van der Waals surface area (Å²) in [6, 6.07) is 12.8. The van der Waals surface area contributed by atoms with Crippen molar-refractivity contribution in [3.63, 3.8) is 0 Å². The summed E-state index contributed by atoms with van der Waals surface area (Å²) >= 11 is 7.01. The quantitative estimate of drug-likeness (QED) is 0.537. The monoisotopic (exact) mass is 494 g/mol. The third-order valence-electron chi connectivity index (χ3n) is 4.57. The molecule has 0 saturated carbocycles. The van der Waals surface area contributed by atoms with Gasteiger partial charge in [-0.15, -0.1) is 10.2 Å². The topological polar surface area (TPSA) is 111 Å². The van der Waals surface area contributed by atoms with Gasteiger partial charge in [0.2, 0.25) is 15.2 Å². The van der Waals surface area contributed by atoms with Crippen LogP contribution in [0.3, 0.4) is 0 Å². The average molecular weight is 495 g/mol. The Morgan fingerprint density at radius 3 is 2.66 bits per heavy atom. The number of nitrogens with zero attached hydrogens (tertiary/aromatic N) is 3. The number of aromatic nitrogens is 2. The van der Waals surface area contributed by atoms with Crippen molar-refractivity contribution in [1.82, 2.24) is 14.5 Å². The van der Waals surface area contributed by atoms with Crippen molar-refractivity contribution >= 4 is 44.0 Å². The van der Waals surface area contributed by atoms with Gasteiger partial charge in [0.15, 0.2) is 5.01 Å². The van der Waals surface area contributed by atoms with Gasteiger partial charge in [-0.25, -0.2) is 8.42 Å². The molecule has 1 N–H and O–H groups in total. The molecule has 2 aromatic carbocycles. The third-order valence-corrected chi connectivity index (χ3v) is 7.53. The Kier molecular flexibility index (Phi) is 7.01. The van der Waals surface area contributed by atoms with Gasteiger partial charge in [0.1, 0.15) is 12.4 Å². The van der Waals surface area contributed by atoms with Crippen molar-refractivity contribution < 1.29 is 22.7 Å². The predicted octanol–water partition coefficient (Wildman–Crippen LogP) is 3.04. The fourth-order valence-electron chi connectivity index (χ4n) is 2.94. The zero-order chi connectivity index (χ0) is 22.6. The van der Waals surface area contributed by atoms with Crippen molar-refractivity contribution in [3.05, 3.63) is 64.1 Å². The van der Waals surface area contributed by atoms with Crippen molar-refractivity contribution in [2.24, 2.45) is 0 Å². The molecule has 0 bridgehead atoms. The fourth-order valence-corrected chi connectivity index (χ4v) is 5.17. The molecule has 1 aliphatic heterocycles. The molecule has 12 heteroatoms. The van der Waals surface area contributed by atoms with Gasteiger partial charge in [0.25, 0.3) is 5.91 Å². The Morgan fingerprint density at radius 2 is 1.91 bits per heavy atom. The molecule has 1 fully saturated rings. The molecule has 1 aliphatic rings. The second-order valence-corrected chi connectivity index (χ2v) is 10.2. The van der Waals surface area contributed by atoms with Gasteiger partial charge in [-0.3, -0.25) is 10.1 Å². The summed E-state index contributed by atoms with van der Waals surface area (Å²) in [6.45, 7) is 1.44. The Bertz CT molecular complexity index is 1190. The third kappa shape index (κ3) is 5.43. The number of amides is 1. The van der Waals surface area contributed by atoms with Crippen LogP contribution in [0.15, 0.2) is 53.4 Å². The van der Waals surface area contributed by atoms with Crippen LogP contribution in [-0.4, -0.2) is 55.1 Å². The number of ether oxygens (including phenoxy) is 2. The highest BCUT2D eigenvalue weighted by molar-refractivity contribution is 7.89. The van der Waals surface area contributed by atoms with E-state index in [1.807, 2.05) is 0 Å². The maximum absolute atomic E-state index is 12.8. The lowest BCUT2D eigenvalue weighted by Crippen LogP contribution is -2.40. The Labute approximate surface area is 194 Å². The molecule has 3 aromatic rings. The smallest absolute Gasteiger partial charge is 0.257 e. The number of carbonyl (C=O) groups excluding carboxylic acids is 1. The molecule has 1 saturated heterocycles. The number of morpholine rings is 1. The molecule has 0 radical (unpaired) electrons. The van der Waals surface area contributed by atoms with E-state index < -0.39 is 15.9 Å². The summed E-state index contributed by atoms with van der Waals surface area (Å²) in [5.74, 6) is 0.152. The summed E-state index contributed by atoms with van der Waals surface area (Å²) in [7, 11) is -3.70. The second-order valence-electron chi connectivity index (χ2n) is 6.74. The molecule has 9 nitrogen and oxygen atoms in total. The minimum atomic E-state index is -3.70. The number of halogens is 1. The maximum Gasteiger partial charge on any atom is 0.257 e. The van der Waals surface area contributed by atoms with Crippen LogP contribution in [-0.2, 0) is 21.4 Å². The van der Waals surface area contributed by atoms with Crippen LogP contribution in [0.25, 0.3) is 0 Å². The molecule has 0 unspecified atom stereocenters. The van der Waals surface area contributed by atoms with Gasteiger partial charge in [-0.1, -0.05) is 29.0 Å². The molecule has 1 amide bonds. The van der Waals surface area contributed by atoms with Crippen LogP contribution in [0.1, 0.15) is 15.4 Å². The zero-order valence-electron chi connectivity index (χ0n) is 16.7. The number of hydrogen-bond donors (Lipinski definition) is 1. The van der Waals surface area contributed by atoms with Crippen molar-refractivity contribution in [2.45, 2.75) is 11.5 Å². The van der Waals surface area contributed by atoms with Gasteiger partial charge < -0.3 is 9.47 Å². The van der Waals surface area contributed by atoms with Crippen LogP contribution in [0.2, 0.25) is 5.02 Å². The van der Waals surface area contributed by atoms with Gasteiger partial charge >= 0.3 is 0 Å². The van der Waals surface area contributed by atoms with Gasteiger partial charge in [0, 0.05) is 23.7 Å². The Balaban J connectivity index is 1.40. The van der Waals surface area contributed by atoms with E-state index in [9.17, 15) is 13.2 Å². The number of rotatable bonds is 7. The molecule has 168 valence electrons. The summed E-state index contributed by atoms with van der Waals surface area (Å²) in [5, 5.41) is 12.1. The molecule has 0 spiro atoms. The maximum atomic E-state index is 12.8. The first kappa shape index (κ1) is 22.6. The van der Waals surface area contributed by atoms with E-state index in [0.29, 0.717) is 29.0 Å². The van der Waals surface area contributed by atoms with E-state index in [2.05, 4.69) is 15.5 Å². The number of nitrogens with one attached hydrogen (secondary N) is 1. The Hall–Kier alpha value is -2.57. The lowest BCUT2D eigenvalue weighted by molar-refractivity contribution is 0.0730. The molecule has 0 atom stereocenters. The van der Waals surface area contributed by atoms with E-state index in [1.165, 1.54) is 33.8 Å². The van der Waals surface area contributed by atoms with E-state index in [0.717, 1.165) is 0 Å². The number of carbonyl (C=O) groups is 1. The highest BCUT2D eigenvalue weighted by Crippen LogP contribution is 2.22. The van der Waals surface area contributed by atoms with Gasteiger partial charge in [-0.2, -0.15) is 4.31 Å². The highest BCUT2D eigenvalue weighted by atomic mass is 35.5. The lowest BCUT2D eigenvalue weighted by atomic mass is 10.2. The van der Waals surface area contributed by atoms with Crippen LogP contribution < -0.4 is 10.1 Å². The van der Waals surface area contributed by atoms with Gasteiger partial charge in [-0.05, 0) is 42.5 Å². The lowest BCUT2D eigenvalue weighted by Gasteiger charge is -2.26. The van der Waals surface area contributed by atoms with Gasteiger partial charge in [0.05, 0.1) is 18.1 Å². The number of hydrogen-bond acceptors (Lipinski definition) is 8. The second kappa shape index (κ2) is 9.92. The van der Waals surface area contributed by atoms with Crippen molar-refractivity contribution in [1.29, 1.82) is 0 Å². The summed E-state index contributed by atoms with van der Waals surface area (Å²) in [5.41, 5.74) is 0.202. The summed E-state index contributed by atoms with van der Waals surface area (Å²) in [6.07, 6.45) is 0. The number of anilines is 1. The molecule has 0 aliphatic carbocycles. The van der Waals surface area contributed by atoms with Crippen LogP contribution in [0.4, 0.5) is 5.13 Å². The average Bonchev–Trinajstić information content (AvgIpc) is 3.26. The normalized spacial score (nSPS) is 14.8. The molecular formula is C20H19ClN4O5S2. The molecular weight excluding hydrogens is 476 g/mol. The van der Waals surface area contributed by atoms with E-state index in [4.69, 9.17) is 21.1 Å². The van der Waals surface area contributed by atoms with E-state index >= 15 is 0 Å². The number of sulfonamides is 1. The molecule has 2 heterocycles. The Morgan fingerprint density at radius 1 is 1.16 bits per heavy atom. The van der Waals surface area contributed by atoms with Crippen molar-refractivity contribution in [2.75, 3.05) is 31.6 Å². The van der Waals surface area contributed by atoms with E-state index in [1.54, 1.807) is 30.3 Å². The predicted molar refractivity (Wildman–Crippen MR) is 120 cm³/mol. The molecule has 4 rings (SSSR count). The first-order valence-electron chi connectivity index (χ1n) is 9.62. The van der Waals surface area contributed by atoms with Crippen molar-refractivity contribution in [3.8, 4) is 5.75 Å². The highest BCUT2D eigenvalue weighted by Gasteiger charge is 2.27. The zero-order valence-corrected chi connectivity index (χ0v) is 19.1. The minimum Gasteiger partial charge on any atom is -0.486 e. The standard InChI is InChI=1S/C20H19ClN4O5S2/c21-15-4-6-16(7-5-15)30-13-18-23-24-20(31-18)22-19(26)14-2-1-3-17(12-14)32(27,28)25-8-10-29-11-9-25/h1-7,12H,8-11,13H2,(H,22,24,26).